The van der Waals surface area contributed by atoms with Crippen LogP contribution in [0.2, 0.25) is 5.02 Å². The van der Waals surface area contributed by atoms with E-state index < -0.39 is 0 Å². The number of aromatic nitrogens is 2. The van der Waals surface area contributed by atoms with E-state index in [1.807, 2.05) is 56.3 Å². The van der Waals surface area contributed by atoms with E-state index in [4.69, 9.17) is 11.6 Å². The second kappa shape index (κ2) is 7.20. The van der Waals surface area contributed by atoms with Crippen molar-refractivity contribution in [3.63, 3.8) is 0 Å². The van der Waals surface area contributed by atoms with Crippen molar-refractivity contribution in [2.75, 3.05) is 10.6 Å². The van der Waals surface area contributed by atoms with Crippen LogP contribution in [0.4, 0.5) is 23.1 Å². The monoisotopic (exact) mass is 349 g/mol. The molecule has 0 fully saturated rings. The lowest BCUT2D eigenvalue weighted by atomic mass is 10.2. The molecule has 0 unspecified atom stereocenters. The van der Waals surface area contributed by atoms with Gasteiger partial charge in [-0.3, -0.25) is 0 Å². The molecule has 0 radical (unpaired) electrons. The molecule has 0 aliphatic heterocycles. The topological polar surface area (TPSA) is 73.6 Å². The molecule has 25 heavy (non-hydrogen) atoms. The van der Waals surface area contributed by atoms with Gasteiger partial charge in [0, 0.05) is 22.5 Å². The van der Waals surface area contributed by atoms with Gasteiger partial charge in [-0.05, 0) is 49.7 Å². The van der Waals surface area contributed by atoms with Crippen molar-refractivity contribution in [1.82, 2.24) is 9.97 Å². The summed E-state index contributed by atoms with van der Waals surface area (Å²) in [6.45, 7) is 3.87. The number of anilines is 4. The van der Waals surface area contributed by atoms with Crippen molar-refractivity contribution in [3.05, 3.63) is 70.4 Å². The Kier molecular flexibility index (Phi) is 4.82. The first-order valence-corrected chi connectivity index (χ1v) is 8.08. The van der Waals surface area contributed by atoms with Crippen LogP contribution in [0.3, 0.4) is 0 Å². The van der Waals surface area contributed by atoms with Crippen molar-refractivity contribution in [2.45, 2.75) is 13.8 Å². The molecule has 1 aromatic heterocycles. The molecule has 3 aromatic rings. The summed E-state index contributed by atoms with van der Waals surface area (Å²) in [6, 6.07) is 16.9. The van der Waals surface area contributed by atoms with E-state index >= 15 is 0 Å². The number of hydrogen-bond donors (Lipinski definition) is 2. The van der Waals surface area contributed by atoms with E-state index in [9.17, 15) is 5.26 Å². The van der Waals surface area contributed by atoms with Gasteiger partial charge in [-0.15, -0.1) is 0 Å². The zero-order valence-electron chi connectivity index (χ0n) is 13.8. The van der Waals surface area contributed by atoms with Crippen molar-refractivity contribution in [1.29, 1.82) is 5.26 Å². The number of aryl methyl sites for hydroxylation is 2. The van der Waals surface area contributed by atoms with Crippen LogP contribution in [0, 0.1) is 25.2 Å². The summed E-state index contributed by atoms with van der Waals surface area (Å²) in [6.07, 6.45) is 0. The van der Waals surface area contributed by atoms with E-state index in [0.29, 0.717) is 28.0 Å². The van der Waals surface area contributed by atoms with Gasteiger partial charge in [-0.1, -0.05) is 23.7 Å². The molecule has 5 nitrogen and oxygen atoms in total. The van der Waals surface area contributed by atoms with Crippen molar-refractivity contribution in [3.8, 4) is 6.07 Å². The molecular formula is C19H16ClN5. The quantitative estimate of drug-likeness (QED) is 0.685. The standard InChI is InChI=1S/C19H16ClN5/c1-12-9-15(20)7-8-16(12)23-18-10-13(2)22-19(25-18)24-17-6-4-3-5-14(17)11-21/h3-10H,1-2H3,(H2,22,23,24,25). The molecule has 2 aromatic carbocycles. The lowest BCUT2D eigenvalue weighted by molar-refractivity contribution is 1.11. The minimum Gasteiger partial charge on any atom is -0.340 e. The van der Waals surface area contributed by atoms with Crippen LogP contribution in [-0.2, 0) is 0 Å². The number of para-hydroxylation sites is 1. The summed E-state index contributed by atoms with van der Waals surface area (Å²) < 4.78 is 0. The smallest absolute Gasteiger partial charge is 0.229 e. The largest absolute Gasteiger partial charge is 0.340 e. The second-order valence-electron chi connectivity index (χ2n) is 5.58. The fourth-order valence-corrected chi connectivity index (χ4v) is 2.63. The molecule has 0 saturated heterocycles. The minimum atomic E-state index is 0.428. The number of nitriles is 1. The Hall–Kier alpha value is -3.10. The van der Waals surface area contributed by atoms with Crippen LogP contribution in [0.5, 0.6) is 0 Å². The first-order valence-electron chi connectivity index (χ1n) is 7.70. The van der Waals surface area contributed by atoms with Gasteiger partial charge in [0.15, 0.2) is 0 Å². The van der Waals surface area contributed by atoms with Crippen molar-refractivity contribution < 1.29 is 0 Å². The maximum absolute atomic E-state index is 9.20. The van der Waals surface area contributed by atoms with Gasteiger partial charge in [0.25, 0.3) is 0 Å². The summed E-state index contributed by atoms with van der Waals surface area (Å²) in [5.41, 5.74) is 3.96. The molecule has 6 heteroatoms. The lowest BCUT2D eigenvalue weighted by Gasteiger charge is -2.12. The normalized spacial score (nSPS) is 10.2. The van der Waals surface area contributed by atoms with Gasteiger partial charge in [-0.2, -0.15) is 10.2 Å². The predicted octanol–water partition coefficient (Wildman–Crippen LogP) is 5.11. The highest BCUT2D eigenvalue weighted by Crippen LogP contribution is 2.24. The third-order valence-corrected chi connectivity index (χ3v) is 3.83. The van der Waals surface area contributed by atoms with E-state index in [0.717, 1.165) is 16.9 Å². The Balaban J connectivity index is 1.89. The Morgan fingerprint density at radius 2 is 1.76 bits per heavy atom. The maximum atomic E-state index is 9.20. The fraction of sp³-hybridized carbons (Fsp3) is 0.105. The summed E-state index contributed by atoms with van der Waals surface area (Å²) in [4.78, 5) is 8.88. The van der Waals surface area contributed by atoms with Crippen LogP contribution in [0.25, 0.3) is 0 Å². The van der Waals surface area contributed by atoms with Gasteiger partial charge in [0.2, 0.25) is 5.95 Å². The molecule has 0 saturated carbocycles. The molecular weight excluding hydrogens is 334 g/mol. The predicted molar refractivity (Wildman–Crippen MR) is 101 cm³/mol. The summed E-state index contributed by atoms with van der Waals surface area (Å²) >= 11 is 6.00. The molecule has 3 rings (SSSR count). The van der Waals surface area contributed by atoms with Gasteiger partial charge < -0.3 is 10.6 Å². The zero-order valence-corrected chi connectivity index (χ0v) is 14.6. The van der Waals surface area contributed by atoms with Crippen LogP contribution in [0.1, 0.15) is 16.8 Å². The van der Waals surface area contributed by atoms with Gasteiger partial charge in [0.05, 0.1) is 11.3 Å². The molecule has 0 amide bonds. The van der Waals surface area contributed by atoms with Crippen LogP contribution < -0.4 is 10.6 Å². The Labute approximate surface area is 151 Å². The van der Waals surface area contributed by atoms with Crippen molar-refractivity contribution in [2.24, 2.45) is 0 Å². The highest BCUT2D eigenvalue weighted by Gasteiger charge is 2.07. The number of nitrogens with zero attached hydrogens (tertiary/aromatic N) is 3. The van der Waals surface area contributed by atoms with Gasteiger partial charge in [0.1, 0.15) is 11.9 Å². The fourth-order valence-electron chi connectivity index (χ4n) is 2.40. The van der Waals surface area contributed by atoms with Crippen LogP contribution in [-0.4, -0.2) is 9.97 Å². The molecule has 0 bridgehead atoms. The first-order chi connectivity index (χ1) is 12.0. The second-order valence-corrected chi connectivity index (χ2v) is 6.02. The van der Waals surface area contributed by atoms with Crippen molar-refractivity contribution >= 4 is 34.7 Å². The van der Waals surface area contributed by atoms with Gasteiger partial charge >= 0.3 is 0 Å². The van der Waals surface area contributed by atoms with E-state index in [2.05, 4.69) is 26.7 Å². The molecule has 0 aliphatic rings. The summed E-state index contributed by atoms with van der Waals surface area (Å²) in [5.74, 6) is 1.09. The Morgan fingerprint density at radius 1 is 0.960 bits per heavy atom. The molecule has 1 heterocycles. The van der Waals surface area contributed by atoms with Gasteiger partial charge in [-0.25, -0.2) is 4.98 Å². The average molecular weight is 350 g/mol. The lowest BCUT2D eigenvalue weighted by Crippen LogP contribution is -2.03. The number of nitrogens with one attached hydrogen (secondary N) is 2. The number of hydrogen-bond acceptors (Lipinski definition) is 5. The highest BCUT2D eigenvalue weighted by molar-refractivity contribution is 6.30. The maximum Gasteiger partial charge on any atom is 0.229 e. The molecule has 0 aliphatic carbocycles. The van der Waals surface area contributed by atoms with E-state index in [-0.39, 0.29) is 0 Å². The number of benzene rings is 2. The van der Waals surface area contributed by atoms with E-state index in [1.165, 1.54) is 0 Å². The summed E-state index contributed by atoms with van der Waals surface area (Å²) in [7, 11) is 0. The Morgan fingerprint density at radius 3 is 2.52 bits per heavy atom. The molecule has 2 N–H and O–H groups in total. The number of rotatable bonds is 4. The highest BCUT2D eigenvalue weighted by atomic mass is 35.5. The SMILES string of the molecule is Cc1cc(Nc2ccc(Cl)cc2C)nc(Nc2ccccc2C#N)n1. The molecule has 124 valence electrons. The zero-order chi connectivity index (χ0) is 17.8. The Bertz CT molecular complexity index is 962. The average Bonchev–Trinajstić information content (AvgIpc) is 2.57. The third-order valence-electron chi connectivity index (χ3n) is 3.60. The molecule has 0 spiro atoms. The number of halogens is 1. The summed E-state index contributed by atoms with van der Waals surface area (Å²) in [5, 5.41) is 16.3. The van der Waals surface area contributed by atoms with Crippen LogP contribution in [0.15, 0.2) is 48.5 Å². The van der Waals surface area contributed by atoms with Crippen LogP contribution >= 0.6 is 11.6 Å². The van der Waals surface area contributed by atoms with E-state index in [1.54, 1.807) is 6.07 Å². The first kappa shape index (κ1) is 16.7. The minimum absolute atomic E-state index is 0.428. The third kappa shape index (κ3) is 4.06. The molecule has 0 atom stereocenters.